The molecule has 5 heteroatoms. The van der Waals surface area contributed by atoms with E-state index >= 15 is 0 Å². The number of ether oxygens (including phenoxy) is 1. The quantitative estimate of drug-likeness (QED) is 0.647. The van der Waals surface area contributed by atoms with Crippen LogP contribution in [0.5, 0.6) is 5.75 Å². The minimum Gasteiger partial charge on any atom is -0.483 e. The number of rotatable bonds is 9. The highest BCUT2D eigenvalue weighted by Crippen LogP contribution is 2.21. The second kappa shape index (κ2) is 11.0. The van der Waals surface area contributed by atoms with Gasteiger partial charge in [0.05, 0.1) is 0 Å². The second-order valence-electron chi connectivity index (χ2n) is 8.97. The Morgan fingerprint density at radius 1 is 1.03 bits per heavy atom. The lowest BCUT2D eigenvalue weighted by atomic mass is 10.1. The van der Waals surface area contributed by atoms with Gasteiger partial charge in [0.25, 0.3) is 5.91 Å². The third-order valence-corrected chi connectivity index (χ3v) is 5.27. The van der Waals surface area contributed by atoms with Gasteiger partial charge in [-0.2, -0.15) is 0 Å². The molecule has 0 spiro atoms. The molecule has 0 saturated heterocycles. The molecule has 1 atom stereocenters. The molecule has 1 N–H and O–H groups in total. The molecule has 168 valence electrons. The highest BCUT2D eigenvalue weighted by atomic mass is 16.5. The van der Waals surface area contributed by atoms with E-state index in [9.17, 15) is 9.59 Å². The molecule has 0 fully saturated rings. The van der Waals surface area contributed by atoms with Crippen molar-refractivity contribution in [2.24, 2.45) is 0 Å². The molecular formula is C26H36N2O3. The number of carbonyl (C=O) groups excluding carboxylic acids is 2. The highest BCUT2D eigenvalue weighted by Gasteiger charge is 2.30. The number of benzene rings is 2. The Bertz CT molecular complexity index is 872. The summed E-state index contributed by atoms with van der Waals surface area (Å²) in [6, 6.07) is 15.3. The lowest BCUT2D eigenvalue weighted by molar-refractivity contribution is -0.142. The average Bonchev–Trinajstić information content (AvgIpc) is 2.71. The van der Waals surface area contributed by atoms with Gasteiger partial charge in [-0.05, 0) is 70.2 Å². The summed E-state index contributed by atoms with van der Waals surface area (Å²) in [4.78, 5) is 27.9. The maximum absolute atomic E-state index is 13.2. The van der Waals surface area contributed by atoms with Gasteiger partial charge in [0.2, 0.25) is 5.91 Å². The maximum atomic E-state index is 13.2. The molecule has 0 saturated carbocycles. The summed E-state index contributed by atoms with van der Waals surface area (Å²) in [6.45, 7) is 12.1. The van der Waals surface area contributed by atoms with Crippen LogP contribution in [0.15, 0.2) is 48.5 Å². The summed E-state index contributed by atoms with van der Waals surface area (Å²) in [6.07, 6.45) is 1.21. The predicted molar refractivity (Wildman–Crippen MR) is 125 cm³/mol. The Balaban J connectivity index is 2.18. The molecule has 31 heavy (non-hydrogen) atoms. The van der Waals surface area contributed by atoms with Crippen LogP contribution in [-0.2, 0) is 16.0 Å². The zero-order valence-corrected chi connectivity index (χ0v) is 19.7. The summed E-state index contributed by atoms with van der Waals surface area (Å²) >= 11 is 0. The van der Waals surface area contributed by atoms with E-state index in [1.165, 1.54) is 0 Å². The Kier molecular flexibility index (Phi) is 8.66. The van der Waals surface area contributed by atoms with Crippen molar-refractivity contribution in [2.45, 2.75) is 66.0 Å². The molecule has 0 aliphatic rings. The van der Waals surface area contributed by atoms with Crippen LogP contribution in [0.3, 0.4) is 0 Å². The van der Waals surface area contributed by atoms with E-state index in [2.05, 4.69) is 5.32 Å². The number of hydrogen-bond acceptors (Lipinski definition) is 3. The van der Waals surface area contributed by atoms with Gasteiger partial charge >= 0.3 is 0 Å². The zero-order chi connectivity index (χ0) is 23.0. The van der Waals surface area contributed by atoms with Crippen molar-refractivity contribution in [3.63, 3.8) is 0 Å². The molecule has 2 aromatic carbocycles. The van der Waals surface area contributed by atoms with E-state index in [1.807, 2.05) is 90.1 Å². The summed E-state index contributed by atoms with van der Waals surface area (Å²) in [5.74, 6) is 0.374. The summed E-state index contributed by atoms with van der Waals surface area (Å²) in [5, 5.41) is 3.02. The van der Waals surface area contributed by atoms with Gasteiger partial charge in [0.15, 0.2) is 6.61 Å². The SMILES string of the molecule is CC[C@H](C(=O)NC(C)(C)C)N(CCc1ccccc1)C(=O)COc1cccc(C)c1C. The van der Waals surface area contributed by atoms with Crippen molar-refractivity contribution in [3.8, 4) is 5.75 Å². The molecule has 2 rings (SSSR count). The van der Waals surface area contributed by atoms with E-state index in [0.717, 1.165) is 16.7 Å². The third kappa shape index (κ3) is 7.42. The molecule has 0 bridgehead atoms. The van der Waals surface area contributed by atoms with Crippen LogP contribution in [0.2, 0.25) is 0 Å². The smallest absolute Gasteiger partial charge is 0.261 e. The van der Waals surface area contributed by atoms with Crippen LogP contribution in [0.25, 0.3) is 0 Å². The number of amides is 2. The molecule has 0 aliphatic heterocycles. The van der Waals surface area contributed by atoms with Gasteiger partial charge < -0.3 is 15.0 Å². The van der Waals surface area contributed by atoms with Crippen LogP contribution < -0.4 is 10.1 Å². The number of nitrogens with one attached hydrogen (secondary N) is 1. The fourth-order valence-corrected chi connectivity index (χ4v) is 3.45. The molecule has 0 radical (unpaired) electrons. The summed E-state index contributed by atoms with van der Waals surface area (Å²) in [5.41, 5.74) is 2.89. The van der Waals surface area contributed by atoms with Gasteiger partial charge in [-0.15, -0.1) is 0 Å². The molecule has 0 unspecified atom stereocenters. The Labute approximate surface area is 186 Å². The van der Waals surface area contributed by atoms with Gasteiger partial charge in [0.1, 0.15) is 11.8 Å². The Morgan fingerprint density at radius 3 is 2.32 bits per heavy atom. The lowest BCUT2D eigenvalue weighted by Crippen LogP contribution is -2.54. The summed E-state index contributed by atoms with van der Waals surface area (Å²) < 4.78 is 5.86. The standard InChI is InChI=1S/C26H36N2O3/c1-7-22(25(30)27-26(4,5)6)28(17-16-21-13-9-8-10-14-21)24(29)18-31-23-15-11-12-19(2)20(23)3/h8-15,22H,7,16-18H2,1-6H3,(H,27,30)/t22-/m1/s1. The van der Waals surface area contributed by atoms with Crippen LogP contribution >= 0.6 is 0 Å². The first kappa shape index (κ1) is 24.4. The highest BCUT2D eigenvalue weighted by molar-refractivity contribution is 5.88. The topological polar surface area (TPSA) is 58.6 Å². The normalized spacial score (nSPS) is 12.2. The van der Waals surface area contributed by atoms with Gasteiger partial charge in [-0.3, -0.25) is 9.59 Å². The van der Waals surface area contributed by atoms with Crippen molar-refractivity contribution in [2.75, 3.05) is 13.2 Å². The van der Waals surface area contributed by atoms with E-state index in [4.69, 9.17) is 4.74 Å². The van der Waals surface area contributed by atoms with E-state index < -0.39 is 6.04 Å². The molecule has 5 nitrogen and oxygen atoms in total. The van der Waals surface area contributed by atoms with Crippen molar-refractivity contribution < 1.29 is 14.3 Å². The number of nitrogens with zero attached hydrogens (tertiary/aromatic N) is 1. The Morgan fingerprint density at radius 2 is 1.71 bits per heavy atom. The molecule has 2 amide bonds. The largest absolute Gasteiger partial charge is 0.483 e. The van der Waals surface area contributed by atoms with Crippen molar-refractivity contribution in [1.82, 2.24) is 10.2 Å². The molecule has 2 aromatic rings. The van der Waals surface area contributed by atoms with Crippen LogP contribution in [-0.4, -0.2) is 41.4 Å². The van der Waals surface area contributed by atoms with Crippen LogP contribution in [0, 0.1) is 13.8 Å². The minimum absolute atomic E-state index is 0.0988. The van der Waals surface area contributed by atoms with Crippen molar-refractivity contribution in [3.05, 3.63) is 65.2 Å². The van der Waals surface area contributed by atoms with Crippen molar-refractivity contribution >= 4 is 11.8 Å². The van der Waals surface area contributed by atoms with Gasteiger partial charge in [0, 0.05) is 12.1 Å². The van der Waals surface area contributed by atoms with Gasteiger partial charge in [-0.1, -0.05) is 49.4 Å². The maximum Gasteiger partial charge on any atom is 0.261 e. The fourth-order valence-electron chi connectivity index (χ4n) is 3.45. The van der Waals surface area contributed by atoms with E-state index in [0.29, 0.717) is 25.1 Å². The zero-order valence-electron chi connectivity index (χ0n) is 19.7. The van der Waals surface area contributed by atoms with Crippen molar-refractivity contribution in [1.29, 1.82) is 0 Å². The van der Waals surface area contributed by atoms with E-state index in [-0.39, 0.29) is 24.0 Å². The first-order valence-corrected chi connectivity index (χ1v) is 11.0. The molecule has 0 aliphatic carbocycles. The van der Waals surface area contributed by atoms with Gasteiger partial charge in [-0.25, -0.2) is 0 Å². The fraction of sp³-hybridized carbons (Fsp3) is 0.462. The monoisotopic (exact) mass is 424 g/mol. The Hall–Kier alpha value is -2.82. The molecular weight excluding hydrogens is 388 g/mol. The number of aryl methyl sites for hydroxylation is 1. The second-order valence-corrected chi connectivity index (χ2v) is 8.97. The number of hydrogen-bond donors (Lipinski definition) is 1. The first-order chi connectivity index (χ1) is 14.6. The van der Waals surface area contributed by atoms with Crippen LogP contribution in [0.4, 0.5) is 0 Å². The summed E-state index contributed by atoms with van der Waals surface area (Å²) in [7, 11) is 0. The first-order valence-electron chi connectivity index (χ1n) is 11.0. The van der Waals surface area contributed by atoms with Crippen LogP contribution in [0.1, 0.15) is 50.8 Å². The lowest BCUT2D eigenvalue weighted by Gasteiger charge is -2.33. The average molecular weight is 425 g/mol. The van der Waals surface area contributed by atoms with E-state index in [1.54, 1.807) is 4.90 Å². The predicted octanol–water partition coefficient (Wildman–Crippen LogP) is 4.45. The minimum atomic E-state index is -0.544. The number of carbonyl (C=O) groups is 2. The molecule has 0 aromatic heterocycles. The molecule has 0 heterocycles. The third-order valence-electron chi connectivity index (χ3n) is 5.27.